The van der Waals surface area contributed by atoms with E-state index in [0.29, 0.717) is 6.61 Å². The minimum absolute atomic E-state index is 0.180. The molecule has 0 radical (unpaired) electrons. The number of hydrogen-bond acceptors (Lipinski definition) is 2. The van der Waals surface area contributed by atoms with Gasteiger partial charge < -0.3 is 10.5 Å². The van der Waals surface area contributed by atoms with Crippen molar-refractivity contribution in [1.29, 1.82) is 0 Å². The summed E-state index contributed by atoms with van der Waals surface area (Å²) < 4.78 is 5.67. The minimum atomic E-state index is 0.180. The molecule has 0 amide bonds. The second kappa shape index (κ2) is 6.67. The first kappa shape index (κ1) is 14.1. The summed E-state index contributed by atoms with van der Waals surface area (Å²) in [5.41, 5.74) is 10.8. The van der Waals surface area contributed by atoms with Crippen molar-refractivity contribution >= 4 is 11.6 Å². The van der Waals surface area contributed by atoms with Crippen LogP contribution in [0, 0.1) is 13.8 Å². The summed E-state index contributed by atoms with van der Waals surface area (Å²) in [6, 6.07) is 4.45. The lowest BCUT2D eigenvalue weighted by Crippen LogP contribution is -2.18. The Hall–Kier alpha value is -0.990. The van der Waals surface area contributed by atoms with Gasteiger partial charge in [0.15, 0.2) is 0 Å². The molecule has 1 atom stereocenters. The zero-order chi connectivity index (χ0) is 12.8. The second-order valence-electron chi connectivity index (χ2n) is 4.41. The van der Waals surface area contributed by atoms with E-state index in [-0.39, 0.29) is 6.04 Å². The molecular formula is C14H20ClNO. The Morgan fingerprint density at radius 3 is 2.41 bits per heavy atom. The van der Waals surface area contributed by atoms with Gasteiger partial charge in [-0.1, -0.05) is 23.7 Å². The second-order valence-corrected chi connectivity index (χ2v) is 4.66. The molecule has 0 saturated carbocycles. The van der Waals surface area contributed by atoms with Crippen molar-refractivity contribution in [3.05, 3.63) is 40.4 Å². The van der Waals surface area contributed by atoms with Gasteiger partial charge >= 0.3 is 0 Å². The number of rotatable bonds is 5. The molecule has 1 aromatic carbocycles. The third-order valence-electron chi connectivity index (χ3n) is 2.49. The van der Waals surface area contributed by atoms with E-state index in [1.54, 1.807) is 6.08 Å². The smallest absolute Gasteiger partial charge is 0.125 e. The summed E-state index contributed by atoms with van der Waals surface area (Å²) in [7, 11) is 0. The first-order valence-electron chi connectivity index (χ1n) is 5.78. The predicted octanol–water partition coefficient (Wildman–Crippen LogP) is 3.32. The van der Waals surface area contributed by atoms with Gasteiger partial charge in [0, 0.05) is 11.6 Å². The maximum atomic E-state index is 5.81. The normalized spacial score (nSPS) is 13.0. The standard InChI is InChI=1S/C14H20ClNO/c1-10-7-13(9-12(3)16)8-11(2)14(10)17-6-4-5-15/h4-5,7-8,12H,6,9,16H2,1-3H3/b5-4+. The quantitative estimate of drug-likeness (QED) is 0.874. The fourth-order valence-electron chi connectivity index (χ4n) is 1.93. The minimum Gasteiger partial charge on any atom is -0.489 e. The van der Waals surface area contributed by atoms with Crippen LogP contribution in [0.3, 0.4) is 0 Å². The predicted molar refractivity (Wildman–Crippen MR) is 73.8 cm³/mol. The molecule has 0 aliphatic heterocycles. The molecule has 0 aromatic heterocycles. The summed E-state index contributed by atoms with van der Waals surface area (Å²) in [6.07, 6.45) is 2.67. The van der Waals surface area contributed by atoms with Crippen LogP contribution in [-0.4, -0.2) is 12.6 Å². The van der Waals surface area contributed by atoms with Crippen molar-refractivity contribution in [1.82, 2.24) is 0 Å². The van der Waals surface area contributed by atoms with Gasteiger partial charge in [0.2, 0.25) is 0 Å². The fourth-order valence-corrected chi connectivity index (χ4v) is 2.00. The highest BCUT2D eigenvalue weighted by Gasteiger charge is 2.07. The highest BCUT2D eigenvalue weighted by atomic mass is 35.5. The number of hydrogen-bond donors (Lipinski definition) is 1. The van der Waals surface area contributed by atoms with E-state index in [4.69, 9.17) is 22.1 Å². The topological polar surface area (TPSA) is 35.2 Å². The molecule has 1 rings (SSSR count). The molecule has 0 aliphatic rings. The Bertz CT molecular complexity index is 376. The molecule has 0 fully saturated rings. The zero-order valence-electron chi connectivity index (χ0n) is 10.7. The molecule has 3 heteroatoms. The van der Waals surface area contributed by atoms with Crippen LogP contribution in [0.15, 0.2) is 23.7 Å². The van der Waals surface area contributed by atoms with E-state index in [1.807, 2.05) is 6.92 Å². The summed E-state index contributed by atoms with van der Waals surface area (Å²) in [5, 5.41) is 0. The van der Waals surface area contributed by atoms with Gasteiger partial charge in [0.05, 0.1) is 0 Å². The van der Waals surface area contributed by atoms with Gasteiger partial charge in [0.1, 0.15) is 12.4 Å². The molecule has 1 aromatic rings. The van der Waals surface area contributed by atoms with Crippen LogP contribution >= 0.6 is 11.6 Å². The molecule has 2 nitrogen and oxygen atoms in total. The van der Waals surface area contributed by atoms with Crippen molar-refractivity contribution in [2.75, 3.05) is 6.61 Å². The summed E-state index contributed by atoms with van der Waals surface area (Å²) in [6.45, 7) is 6.62. The highest BCUT2D eigenvalue weighted by molar-refractivity contribution is 6.25. The summed E-state index contributed by atoms with van der Waals surface area (Å²) >= 11 is 5.46. The largest absolute Gasteiger partial charge is 0.489 e. The van der Waals surface area contributed by atoms with Gasteiger partial charge in [-0.15, -0.1) is 0 Å². The molecular weight excluding hydrogens is 234 g/mol. The molecule has 2 N–H and O–H groups in total. The monoisotopic (exact) mass is 253 g/mol. The average Bonchev–Trinajstić information content (AvgIpc) is 2.21. The number of halogens is 1. The van der Waals surface area contributed by atoms with Gasteiger partial charge in [-0.05, 0) is 50.0 Å². The Balaban J connectivity index is 2.86. The van der Waals surface area contributed by atoms with E-state index in [0.717, 1.165) is 23.3 Å². The van der Waals surface area contributed by atoms with E-state index in [9.17, 15) is 0 Å². The van der Waals surface area contributed by atoms with E-state index in [1.165, 1.54) is 11.1 Å². The lowest BCUT2D eigenvalue weighted by molar-refractivity contribution is 0.357. The van der Waals surface area contributed by atoms with E-state index >= 15 is 0 Å². The Morgan fingerprint density at radius 2 is 1.94 bits per heavy atom. The van der Waals surface area contributed by atoms with Crippen LogP contribution in [0.25, 0.3) is 0 Å². The molecule has 0 saturated heterocycles. The first-order valence-corrected chi connectivity index (χ1v) is 6.22. The van der Waals surface area contributed by atoms with Crippen LogP contribution in [-0.2, 0) is 6.42 Å². The number of ether oxygens (including phenoxy) is 1. The zero-order valence-corrected chi connectivity index (χ0v) is 11.4. The SMILES string of the molecule is Cc1cc(CC(C)N)cc(C)c1OC/C=C/Cl. The maximum Gasteiger partial charge on any atom is 0.125 e. The molecule has 0 bridgehead atoms. The van der Waals surface area contributed by atoms with E-state index < -0.39 is 0 Å². The molecule has 17 heavy (non-hydrogen) atoms. The molecule has 0 heterocycles. The Labute approximate surface area is 108 Å². The van der Waals surface area contributed by atoms with Crippen LogP contribution < -0.4 is 10.5 Å². The number of benzene rings is 1. The van der Waals surface area contributed by atoms with Crippen molar-refractivity contribution in [2.24, 2.45) is 5.73 Å². The van der Waals surface area contributed by atoms with Gasteiger partial charge in [0.25, 0.3) is 0 Å². The fraction of sp³-hybridized carbons (Fsp3) is 0.429. The molecule has 94 valence electrons. The third kappa shape index (κ3) is 4.41. The molecule has 1 unspecified atom stereocenters. The van der Waals surface area contributed by atoms with Crippen LogP contribution in [0.2, 0.25) is 0 Å². The van der Waals surface area contributed by atoms with Crippen LogP contribution in [0.5, 0.6) is 5.75 Å². The van der Waals surface area contributed by atoms with Gasteiger partial charge in [-0.25, -0.2) is 0 Å². The maximum absolute atomic E-state index is 5.81. The van der Waals surface area contributed by atoms with Crippen molar-refractivity contribution in [3.63, 3.8) is 0 Å². The molecule has 0 spiro atoms. The summed E-state index contributed by atoms with van der Waals surface area (Å²) in [4.78, 5) is 0. The number of nitrogens with two attached hydrogens (primary N) is 1. The van der Waals surface area contributed by atoms with Gasteiger partial charge in [-0.3, -0.25) is 0 Å². The Kier molecular flexibility index (Phi) is 5.52. The van der Waals surface area contributed by atoms with E-state index in [2.05, 4.69) is 26.0 Å². The highest BCUT2D eigenvalue weighted by Crippen LogP contribution is 2.25. The van der Waals surface area contributed by atoms with Crippen LogP contribution in [0.1, 0.15) is 23.6 Å². The first-order chi connectivity index (χ1) is 8.04. The van der Waals surface area contributed by atoms with Crippen molar-refractivity contribution in [2.45, 2.75) is 33.2 Å². The Morgan fingerprint density at radius 1 is 1.35 bits per heavy atom. The third-order valence-corrected chi connectivity index (χ3v) is 2.67. The average molecular weight is 254 g/mol. The number of aryl methyl sites for hydroxylation is 2. The lowest BCUT2D eigenvalue weighted by atomic mass is 10.0. The van der Waals surface area contributed by atoms with Crippen molar-refractivity contribution < 1.29 is 4.74 Å². The molecule has 0 aliphatic carbocycles. The lowest BCUT2D eigenvalue weighted by Gasteiger charge is -2.14. The van der Waals surface area contributed by atoms with Crippen molar-refractivity contribution in [3.8, 4) is 5.75 Å². The summed E-state index contributed by atoms with van der Waals surface area (Å²) in [5.74, 6) is 0.938. The van der Waals surface area contributed by atoms with Gasteiger partial charge in [-0.2, -0.15) is 0 Å². The van der Waals surface area contributed by atoms with Crippen LogP contribution in [0.4, 0.5) is 0 Å².